The van der Waals surface area contributed by atoms with Gasteiger partial charge in [-0.3, -0.25) is 0 Å². The van der Waals surface area contributed by atoms with Crippen LogP contribution < -0.4 is 0 Å². The van der Waals surface area contributed by atoms with Gasteiger partial charge in [-0.05, 0) is 38.5 Å². The van der Waals surface area contributed by atoms with Crippen molar-refractivity contribution in [1.29, 1.82) is 0 Å². The number of hydrogen-bond acceptors (Lipinski definition) is 3. The lowest BCUT2D eigenvalue weighted by Crippen LogP contribution is -2.42. The predicted octanol–water partition coefficient (Wildman–Crippen LogP) is 1.73. The fraction of sp³-hybridized carbons (Fsp3) is 1.00. The highest BCUT2D eigenvalue weighted by Gasteiger charge is 2.35. The molecule has 0 aliphatic carbocycles. The summed E-state index contributed by atoms with van der Waals surface area (Å²) in [6.07, 6.45) is 4.96. The molecule has 0 saturated carbocycles. The molecule has 3 heteroatoms. The zero-order valence-electron chi connectivity index (χ0n) is 9.58. The second-order valence-electron chi connectivity index (χ2n) is 5.12. The minimum absolute atomic E-state index is 0.212. The average Bonchev–Trinajstić information content (AvgIpc) is 2.18. The standard InChI is InChI=1S/C12H22O3/c1-10-8-12(13,4-7-15-10)9-11-2-5-14-6-3-11/h10-11,13H,2-9H2,1H3. The van der Waals surface area contributed by atoms with Crippen LogP contribution in [0.3, 0.4) is 0 Å². The van der Waals surface area contributed by atoms with Gasteiger partial charge in [0.15, 0.2) is 0 Å². The smallest absolute Gasteiger partial charge is 0.0697 e. The van der Waals surface area contributed by atoms with E-state index in [4.69, 9.17) is 9.47 Å². The molecule has 0 amide bonds. The summed E-state index contributed by atoms with van der Waals surface area (Å²) in [7, 11) is 0. The van der Waals surface area contributed by atoms with Crippen molar-refractivity contribution in [3.63, 3.8) is 0 Å². The van der Waals surface area contributed by atoms with Gasteiger partial charge < -0.3 is 14.6 Å². The quantitative estimate of drug-likeness (QED) is 0.761. The van der Waals surface area contributed by atoms with Crippen molar-refractivity contribution in [2.45, 2.75) is 50.7 Å². The summed E-state index contributed by atoms with van der Waals surface area (Å²) in [4.78, 5) is 0. The highest BCUT2D eigenvalue weighted by atomic mass is 16.5. The molecule has 2 saturated heterocycles. The lowest BCUT2D eigenvalue weighted by molar-refractivity contribution is -0.112. The summed E-state index contributed by atoms with van der Waals surface area (Å²) in [5, 5.41) is 10.5. The van der Waals surface area contributed by atoms with E-state index in [1.807, 2.05) is 6.92 Å². The summed E-state index contributed by atoms with van der Waals surface area (Å²) in [5.74, 6) is 0.647. The van der Waals surface area contributed by atoms with Crippen molar-refractivity contribution in [1.82, 2.24) is 0 Å². The molecule has 2 heterocycles. The summed E-state index contributed by atoms with van der Waals surface area (Å²) in [6.45, 7) is 4.49. The van der Waals surface area contributed by atoms with Gasteiger partial charge in [-0.25, -0.2) is 0 Å². The number of rotatable bonds is 2. The molecule has 0 bridgehead atoms. The minimum Gasteiger partial charge on any atom is -0.390 e. The highest BCUT2D eigenvalue weighted by Crippen LogP contribution is 2.34. The molecule has 15 heavy (non-hydrogen) atoms. The first kappa shape index (κ1) is 11.4. The lowest BCUT2D eigenvalue weighted by Gasteiger charge is -2.38. The predicted molar refractivity (Wildman–Crippen MR) is 57.8 cm³/mol. The van der Waals surface area contributed by atoms with E-state index >= 15 is 0 Å². The van der Waals surface area contributed by atoms with E-state index in [0.717, 1.165) is 45.3 Å². The molecule has 2 aliphatic heterocycles. The Morgan fingerprint density at radius 1 is 1.27 bits per heavy atom. The third-order valence-electron chi connectivity index (χ3n) is 3.65. The Bertz CT molecular complexity index is 201. The molecular formula is C12H22O3. The maximum atomic E-state index is 10.5. The van der Waals surface area contributed by atoms with Crippen LogP contribution in [0, 0.1) is 5.92 Å². The van der Waals surface area contributed by atoms with E-state index in [-0.39, 0.29) is 6.10 Å². The molecule has 0 spiro atoms. The van der Waals surface area contributed by atoms with Gasteiger partial charge in [0, 0.05) is 26.2 Å². The SMILES string of the molecule is CC1CC(O)(CC2CCOCC2)CCO1. The molecule has 2 unspecified atom stereocenters. The first-order chi connectivity index (χ1) is 7.18. The largest absolute Gasteiger partial charge is 0.390 e. The van der Waals surface area contributed by atoms with Gasteiger partial charge in [0.05, 0.1) is 11.7 Å². The van der Waals surface area contributed by atoms with Gasteiger partial charge in [0.2, 0.25) is 0 Å². The van der Waals surface area contributed by atoms with Crippen molar-refractivity contribution in [3.05, 3.63) is 0 Å². The molecule has 1 N–H and O–H groups in total. The van der Waals surface area contributed by atoms with Crippen molar-refractivity contribution in [3.8, 4) is 0 Å². The van der Waals surface area contributed by atoms with Gasteiger partial charge in [0.25, 0.3) is 0 Å². The molecule has 2 fully saturated rings. The Hall–Kier alpha value is -0.120. The zero-order chi connectivity index (χ0) is 10.7. The molecule has 0 aromatic heterocycles. The van der Waals surface area contributed by atoms with Gasteiger partial charge in [-0.15, -0.1) is 0 Å². The molecule has 88 valence electrons. The third kappa shape index (κ3) is 3.16. The summed E-state index contributed by atoms with van der Waals surface area (Å²) < 4.78 is 10.8. The van der Waals surface area contributed by atoms with Crippen LogP contribution in [0.5, 0.6) is 0 Å². The number of aliphatic hydroxyl groups is 1. The van der Waals surface area contributed by atoms with Gasteiger partial charge in [-0.2, -0.15) is 0 Å². The molecule has 2 aliphatic rings. The monoisotopic (exact) mass is 214 g/mol. The maximum absolute atomic E-state index is 10.5. The first-order valence-electron chi connectivity index (χ1n) is 6.10. The minimum atomic E-state index is -0.473. The second-order valence-corrected chi connectivity index (χ2v) is 5.12. The molecular weight excluding hydrogens is 192 g/mol. The normalized spacial score (nSPS) is 39.2. The van der Waals surface area contributed by atoms with Crippen molar-refractivity contribution in [2.24, 2.45) is 5.92 Å². The van der Waals surface area contributed by atoms with E-state index in [1.54, 1.807) is 0 Å². The van der Waals surface area contributed by atoms with Crippen LogP contribution in [0.4, 0.5) is 0 Å². The Morgan fingerprint density at radius 2 is 2.00 bits per heavy atom. The van der Waals surface area contributed by atoms with Crippen LogP contribution >= 0.6 is 0 Å². The number of hydrogen-bond donors (Lipinski definition) is 1. The molecule has 0 aromatic carbocycles. The van der Waals surface area contributed by atoms with Crippen LogP contribution in [0.1, 0.15) is 39.0 Å². The lowest BCUT2D eigenvalue weighted by atomic mass is 9.80. The van der Waals surface area contributed by atoms with Crippen LogP contribution in [0.25, 0.3) is 0 Å². The van der Waals surface area contributed by atoms with E-state index in [0.29, 0.717) is 12.5 Å². The maximum Gasteiger partial charge on any atom is 0.0697 e. The second kappa shape index (κ2) is 4.81. The topological polar surface area (TPSA) is 38.7 Å². The summed E-state index contributed by atoms with van der Waals surface area (Å²) >= 11 is 0. The van der Waals surface area contributed by atoms with Crippen molar-refractivity contribution < 1.29 is 14.6 Å². The Balaban J connectivity index is 1.85. The Kier molecular flexibility index (Phi) is 3.65. The zero-order valence-corrected chi connectivity index (χ0v) is 9.58. The third-order valence-corrected chi connectivity index (χ3v) is 3.65. The fourth-order valence-corrected chi connectivity index (χ4v) is 2.82. The fourth-order valence-electron chi connectivity index (χ4n) is 2.82. The van der Waals surface area contributed by atoms with Gasteiger partial charge >= 0.3 is 0 Å². The molecule has 2 rings (SSSR count). The van der Waals surface area contributed by atoms with Crippen LogP contribution in [-0.4, -0.2) is 36.6 Å². The number of ether oxygens (including phenoxy) is 2. The molecule has 0 aromatic rings. The molecule has 2 atom stereocenters. The van der Waals surface area contributed by atoms with E-state index in [9.17, 15) is 5.11 Å². The first-order valence-corrected chi connectivity index (χ1v) is 6.10. The highest BCUT2D eigenvalue weighted by molar-refractivity contribution is 4.87. The summed E-state index contributed by atoms with van der Waals surface area (Å²) in [5.41, 5.74) is -0.473. The van der Waals surface area contributed by atoms with Gasteiger partial charge in [-0.1, -0.05) is 0 Å². The van der Waals surface area contributed by atoms with E-state index < -0.39 is 5.60 Å². The average molecular weight is 214 g/mol. The van der Waals surface area contributed by atoms with Gasteiger partial charge in [0.1, 0.15) is 0 Å². The van der Waals surface area contributed by atoms with Crippen LogP contribution in [0.2, 0.25) is 0 Å². The van der Waals surface area contributed by atoms with Crippen molar-refractivity contribution in [2.75, 3.05) is 19.8 Å². The van der Waals surface area contributed by atoms with Crippen LogP contribution in [0.15, 0.2) is 0 Å². The Labute approximate surface area is 91.8 Å². The Morgan fingerprint density at radius 3 is 2.67 bits per heavy atom. The summed E-state index contributed by atoms with van der Waals surface area (Å²) in [6, 6.07) is 0. The molecule has 0 radical (unpaired) electrons. The van der Waals surface area contributed by atoms with E-state index in [2.05, 4.69) is 0 Å². The van der Waals surface area contributed by atoms with E-state index in [1.165, 1.54) is 0 Å². The molecule has 3 nitrogen and oxygen atoms in total. The van der Waals surface area contributed by atoms with Crippen molar-refractivity contribution >= 4 is 0 Å². The van der Waals surface area contributed by atoms with Crippen LogP contribution in [-0.2, 0) is 9.47 Å².